The quantitative estimate of drug-likeness (QED) is 0.775. The summed E-state index contributed by atoms with van der Waals surface area (Å²) in [6.07, 6.45) is 7.97. The van der Waals surface area contributed by atoms with Crippen molar-refractivity contribution in [3.63, 3.8) is 0 Å². The molecule has 3 heteroatoms. The molecule has 1 radical (unpaired) electrons. The third kappa shape index (κ3) is 3.01. The summed E-state index contributed by atoms with van der Waals surface area (Å²) in [5.41, 5.74) is 5.31. The summed E-state index contributed by atoms with van der Waals surface area (Å²) in [4.78, 5) is 11.1. The smallest absolute Gasteiger partial charge is 0.221 e. The van der Waals surface area contributed by atoms with E-state index in [1.165, 1.54) is 0 Å². The number of allylic oxidation sites excluding steroid dienone is 4. The average Bonchev–Trinajstić information content (AvgIpc) is 2.37. The summed E-state index contributed by atoms with van der Waals surface area (Å²) >= 11 is 0. The SMILES string of the molecule is CC(C)C(C(N)=O)C1C=CC=C1.[Co]. The van der Waals surface area contributed by atoms with Crippen LogP contribution in [0.4, 0.5) is 0 Å². The van der Waals surface area contributed by atoms with Crippen molar-refractivity contribution in [1.29, 1.82) is 0 Å². The zero-order chi connectivity index (χ0) is 9.14. The van der Waals surface area contributed by atoms with E-state index in [4.69, 9.17) is 5.73 Å². The Kier molecular flexibility index (Phi) is 5.02. The number of carbonyl (C=O) groups excluding carboxylic acids is 1. The molecule has 2 N–H and O–H groups in total. The molecule has 1 atom stereocenters. The van der Waals surface area contributed by atoms with Gasteiger partial charge in [0.2, 0.25) is 5.91 Å². The Morgan fingerprint density at radius 2 is 1.77 bits per heavy atom. The molecule has 75 valence electrons. The molecule has 0 spiro atoms. The number of nitrogens with two attached hydrogens (primary N) is 1. The summed E-state index contributed by atoms with van der Waals surface area (Å²) in [7, 11) is 0. The number of carbonyl (C=O) groups is 1. The predicted octanol–water partition coefficient (Wildman–Crippen LogP) is 1.48. The molecule has 0 heterocycles. The molecule has 0 aromatic heterocycles. The van der Waals surface area contributed by atoms with Crippen LogP contribution in [0.25, 0.3) is 0 Å². The molecule has 2 nitrogen and oxygen atoms in total. The first-order valence-corrected chi connectivity index (χ1v) is 4.27. The molecule has 0 aliphatic heterocycles. The van der Waals surface area contributed by atoms with E-state index in [2.05, 4.69) is 0 Å². The maximum absolute atomic E-state index is 11.1. The van der Waals surface area contributed by atoms with Gasteiger partial charge in [0.25, 0.3) is 0 Å². The molecule has 0 saturated carbocycles. The molecule has 0 aromatic rings. The van der Waals surface area contributed by atoms with Crippen molar-refractivity contribution in [2.75, 3.05) is 0 Å². The Balaban J connectivity index is 0.00000144. The maximum atomic E-state index is 11.1. The van der Waals surface area contributed by atoms with Gasteiger partial charge in [-0.05, 0) is 5.92 Å². The minimum atomic E-state index is -0.203. The Morgan fingerprint density at radius 3 is 2.08 bits per heavy atom. The number of amides is 1. The third-order valence-corrected chi connectivity index (χ3v) is 2.24. The van der Waals surface area contributed by atoms with Crippen molar-refractivity contribution in [3.8, 4) is 0 Å². The summed E-state index contributed by atoms with van der Waals surface area (Å²) in [6.45, 7) is 4.05. The van der Waals surface area contributed by atoms with Gasteiger partial charge in [-0.3, -0.25) is 4.79 Å². The molecular weight excluding hydrogens is 209 g/mol. The van der Waals surface area contributed by atoms with Crippen molar-refractivity contribution < 1.29 is 21.6 Å². The molecule has 1 amide bonds. The van der Waals surface area contributed by atoms with Gasteiger partial charge in [0.15, 0.2) is 0 Å². The summed E-state index contributed by atoms with van der Waals surface area (Å²) < 4.78 is 0. The van der Waals surface area contributed by atoms with E-state index in [1.54, 1.807) is 0 Å². The molecule has 13 heavy (non-hydrogen) atoms. The number of rotatable bonds is 3. The first-order valence-electron chi connectivity index (χ1n) is 4.27. The van der Waals surface area contributed by atoms with Crippen LogP contribution in [0.1, 0.15) is 13.8 Å². The first kappa shape index (κ1) is 12.5. The van der Waals surface area contributed by atoms with Crippen LogP contribution in [0.15, 0.2) is 24.3 Å². The van der Waals surface area contributed by atoms with E-state index in [9.17, 15) is 4.79 Å². The van der Waals surface area contributed by atoms with E-state index >= 15 is 0 Å². The molecule has 0 saturated heterocycles. The second-order valence-electron chi connectivity index (χ2n) is 3.52. The molecule has 0 bridgehead atoms. The van der Waals surface area contributed by atoms with Crippen LogP contribution in [-0.2, 0) is 21.6 Å². The zero-order valence-electron chi connectivity index (χ0n) is 7.86. The van der Waals surface area contributed by atoms with Gasteiger partial charge in [-0.25, -0.2) is 0 Å². The van der Waals surface area contributed by atoms with Crippen LogP contribution >= 0.6 is 0 Å². The van der Waals surface area contributed by atoms with Crippen LogP contribution in [0.3, 0.4) is 0 Å². The second-order valence-corrected chi connectivity index (χ2v) is 3.52. The maximum Gasteiger partial charge on any atom is 0.221 e. The van der Waals surface area contributed by atoms with Gasteiger partial charge >= 0.3 is 0 Å². The Bertz CT molecular complexity index is 221. The van der Waals surface area contributed by atoms with Gasteiger partial charge in [-0.2, -0.15) is 0 Å². The van der Waals surface area contributed by atoms with E-state index in [1.807, 2.05) is 38.2 Å². The molecular formula is C10H15CoNO. The Morgan fingerprint density at radius 1 is 1.31 bits per heavy atom. The van der Waals surface area contributed by atoms with Gasteiger partial charge in [-0.15, -0.1) is 0 Å². The molecule has 1 rings (SSSR count). The topological polar surface area (TPSA) is 43.1 Å². The van der Waals surface area contributed by atoms with Crippen LogP contribution in [0.2, 0.25) is 0 Å². The van der Waals surface area contributed by atoms with Gasteiger partial charge in [-0.1, -0.05) is 38.2 Å². The molecule has 1 aliphatic carbocycles. The van der Waals surface area contributed by atoms with Gasteiger partial charge in [0.05, 0.1) is 0 Å². The summed E-state index contributed by atoms with van der Waals surface area (Å²) in [5.74, 6) is 0.258. The van der Waals surface area contributed by atoms with Crippen molar-refractivity contribution >= 4 is 5.91 Å². The van der Waals surface area contributed by atoms with Crippen LogP contribution < -0.4 is 5.73 Å². The summed E-state index contributed by atoms with van der Waals surface area (Å²) in [5, 5.41) is 0. The average molecular weight is 224 g/mol. The fourth-order valence-electron chi connectivity index (χ4n) is 1.65. The molecule has 1 unspecified atom stereocenters. The minimum absolute atomic E-state index is 0. The van der Waals surface area contributed by atoms with E-state index < -0.39 is 0 Å². The van der Waals surface area contributed by atoms with Crippen LogP contribution in [-0.4, -0.2) is 5.91 Å². The standard InChI is InChI=1S/C10H15NO.Co/c1-7(2)9(10(11)12)8-5-3-4-6-8;/h3-9H,1-2H3,(H2,11,12);. The summed E-state index contributed by atoms with van der Waals surface area (Å²) in [6, 6.07) is 0. The third-order valence-electron chi connectivity index (χ3n) is 2.24. The molecule has 0 aromatic carbocycles. The fourth-order valence-corrected chi connectivity index (χ4v) is 1.65. The van der Waals surface area contributed by atoms with Crippen LogP contribution in [0.5, 0.6) is 0 Å². The van der Waals surface area contributed by atoms with Gasteiger partial charge in [0.1, 0.15) is 0 Å². The van der Waals surface area contributed by atoms with Crippen molar-refractivity contribution in [3.05, 3.63) is 24.3 Å². The number of primary amides is 1. The molecule has 1 aliphatic rings. The first-order chi connectivity index (χ1) is 5.63. The van der Waals surface area contributed by atoms with Crippen molar-refractivity contribution in [2.45, 2.75) is 13.8 Å². The van der Waals surface area contributed by atoms with Gasteiger partial charge < -0.3 is 5.73 Å². The van der Waals surface area contributed by atoms with Gasteiger partial charge in [0, 0.05) is 28.6 Å². The predicted molar refractivity (Wildman–Crippen MR) is 49.3 cm³/mol. The van der Waals surface area contributed by atoms with Crippen molar-refractivity contribution in [2.24, 2.45) is 23.5 Å². The Labute approximate surface area is 89.5 Å². The number of hydrogen-bond acceptors (Lipinski definition) is 1. The van der Waals surface area contributed by atoms with Crippen molar-refractivity contribution in [1.82, 2.24) is 0 Å². The number of hydrogen-bond donors (Lipinski definition) is 1. The second kappa shape index (κ2) is 5.24. The molecule has 0 fully saturated rings. The van der Waals surface area contributed by atoms with E-state index in [0.717, 1.165) is 0 Å². The van der Waals surface area contributed by atoms with E-state index in [-0.39, 0.29) is 34.5 Å². The van der Waals surface area contributed by atoms with E-state index in [0.29, 0.717) is 5.92 Å². The Hall–Kier alpha value is -0.544. The largest absolute Gasteiger partial charge is 0.369 e. The normalized spacial score (nSPS) is 17.5. The zero-order valence-corrected chi connectivity index (χ0v) is 8.90. The fraction of sp³-hybridized carbons (Fsp3) is 0.500. The minimum Gasteiger partial charge on any atom is -0.369 e. The monoisotopic (exact) mass is 224 g/mol. The van der Waals surface area contributed by atoms with Crippen LogP contribution in [0, 0.1) is 17.8 Å².